The lowest BCUT2D eigenvalue weighted by molar-refractivity contribution is 0.0968. The molecular weight excluding hydrogens is 298 g/mol. The quantitative estimate of drug-likeness (QED) is 0.787. The average Bonchev–Trinajstić information content (AvgIpc) is 2.57. The number of aliphatic imine (C=N–C) groups is 1. The molecular formula is C18H14ClNO2. The summed E-state index contributed by atoms with van der Waals surface area (Å²) < 4.78 is 0. The molecule has 1 aliphatic rings. The predicted octanol–water partition coefficient (Wildman–Crippen LogP) is 4.01. The maximum atomic E-state index is 12.5. The maximum Gasteiger partial charge on any atom is 0.209 e. The molecule has 3 rings (SSSR count). The molecule has 0 aromatic heterocycles. The highest BCUT2D eigenvalue weighted by Crippen LogP contribution is 2.25. The summed E-state index contributed by atoms with van der Waals surface area (Å²) in [6, 6.07) is 14.3. The first-order valence-corrected chi connectivity index (χ1v) is 7.55. The lowest BCUT2D eigenvalue weighted by atomic mass is 9.88. The lowest BCUT2D eigenvalue weighted by Crippen LogP contribution is -2.37. The number of hydrogen-bond acceptors (Lipinski definition) is 3. The molecule has 0 radical (unpaired) electrons. The maximum absolute atomic E-state index is 12.5. The fourth-order valence-corrected chi connectivity index (χ4v) is 2.73. The molecule has 0 heterocycles. The van der Waals surface area contributed by atoms with E-state index in [1.807, 2.05) is 24.3 Å². The molecule has 0 aliphatic heterocycles. The summed E-state index contributed by atoms with van der Waals surface area (Å²) in [4.78, 5) is 29.2. The van der Waals surface area contributed by atoms with E-state index < -0.39 is 5.38 Å². The van der Waals surface area contributed by atoms with E-state index in [4.69, 9.17) is 11.6 Å². The highest BCUT2D eigenvalue weighted by atomic mass is 35.5. The average molecular weight is 312 g/mol. The number of ketones is 2. The topological polar surface area (TPSA) is 46.5 Å². The second-order valence-corrected chi connectivity index (χ2v) is 5.55. The van der Waals surface area contributed by atoms with Crippen molar-refractivity contribution in [3.8, 4) is 0 Å². The number of benzene rings is 2. The number of aryl methyl sites for hydroxylation is 1. The fourth-order valence-electron chi connectivity index (χ4n) is 2.46. The van der Waals surface area contributed by atoms with Crippen molar-refractivity contribution in [1.29, 1.82) is 0 Å². The predicted molar refractivity (Wildman–Crippen MR) is 87.7 cm³/mol. The van der Waals surface area contributed by atoms with Gasteiger partial charge in [-0.05, 0) is 24.1 Å². The lowest BCUT2D eigenvalue weighted by Gasteiger charge is -2.19. The fraction of sp³-hybridized carbons (Fsp3) is 0.167. The molecule has 2 aromatic rings. The third-order valence-electron chi connectivity index (χ3n) is 3.73. The van der Waals surface area contributed by atoms with E-state index >= 15 is 0 Å². The number of fused-ring (bicyclic) bond motifs is 1. The molecule has 110 valence electrons. The van der Waals surface area contributed by atoms with Crippen molar-refractivity contribution in [2.45, 2.75) is 18.7 Å². The van der Waals surface area contributed by atoms with Crippen LogP contribution < -0.4 is 0 Å². The van der Waals surface area contributed by atoms with Crippen LogP contribution in [0, 0.1) is 0 Å². The van der Waals surface area contributed by atoms with Gasteiger partial charge >= 0.3 is 0 Å². The summed E-state index contributed by atoms with van der Waals surface area (Å²) >= 11 is 6.16. The Morgan fingerprint density at radius 2 is 1.64 bits per heavy atom. The molecule has 0 saturated carbocycles. The molecule has 22 heavy (non-hydrogen) atoms. The zero-order valence-corrected chi connectivity index (χ0v) is 12.8. The van der Waals surface area contributed by atoms with Gasteiger partial charge in [-0.15, -0.1) is 11.6 Å². The van der Waals surface area contributed by atoms with Gasteiger partial charge < -0.3 is 0 Å². The van der Waals surface area contributed by atoms with Gasteiger partial charge in [0.05, 0.1) is 5.69 Å². The second kappa shape index (κ2) is 5.85. The zero-order valence-electron chi connectivity index (χ0n) is 12.0. The van der Waals surface area contributed by atoms with E-state index in [2.05, 4.69) is 11.9 Å². The molecule has 0 bridgehead atoms. The van der Waals surface area contributed by atoms with Gasteiger partial charge in [-0.25, -0.2) is 4.99 Å². The minimum absolute atomic E-state index is 0.0922. The molecule has 0 amide bonds. The van der Waals surface area contributed by atoms with Crippen molar-refractivity contribution in [3.05, 3.63) is 65.2 Å². The van der Waals surface area contributed by atoms with Crippen molar-refractivity contribution < 1.29 is 9.59 Å². The Balaban J connectivity index is 2.05. The summed E-state index contributed by atoms with van der Waals surface area (Å²) in [6.45, 7) is 2.07. The highest BCUT2D eigenvalue weighted by molar-refractivity contribution is 6.65. The largest absolute Gasteiger partial charge is 0.292 e. The summed E-state index contributed by atoms with van der Waals surface area (Å²) in [5.74, 6) is -0.560. The zero-order chi connectivity index (χ0) is 15.7. The monoisotopic (exact) mass is 311 g/mol. The van der Waals surface area contributed by atoms with E-state index in [0.717, 1.165) is 6.42 Å². The number of carbonyl (C=O) groups is 2. The molecule has 1 aliphatic carbocycles. The standard InChI is InChI=1S/C18H14ClNO2/c1-2-11-7-9-12(10-8-11)20-16-15(19)17(21)13-5-3-4-6-14(13)18(16)22/h3-10,15H,2H2,1H3. The molecule has 0 N–H and O–H groups in total. The first kappa shape index (κ1) is 14.7. The number of Topliss-reactive ketones (excluding diaryl/α,β-unsaturated/α-hetero) is 2. The van der Waals surface area contributed by atoms with Crippen LogP contribution in [-0.2, 0) is 6.42 Å². The minimum atomic E-state index is -1.03. The van der Waals surface area contributed by atoms with Crippen molar-refractivity contribution in [2.24, 2.45) is 4.99 Å². The van der Waals surface area contributed by atoms with Crippen LogP contribution in [-0.4, -0.2) is 22.7 Å². The van der Waals surface area contributed by atoms with Crippen LogP contribution in [0.5, 0.6) is 0 Å². The Morgan fingerprint density at radius 3 is 2.27 bits per heavy atom. The van der Waals surface area contributed by atoms with Crippen LogP contribution >= 0.6 is 11.6 Å². The van der Waals surface area contributed by atoms with Crippen molar-refractivity contribution in [3.63, 3.8) is 0 Å². The first-order chi connectivity index (χ1) is 10.6. The van der Waals surface area contributed by atoms with E-state index in [1.54, 1.807) is 24.3 Å². The van der Waals surface area contributed by atoms with Gasteiger partial charge in [0.15, 0.2) is 5.78 Å². The number of carbonyl (C=O) groups excluding carboxylic acids is 2. The van der Waals surface area contributed by atoms with Gasteiger partial charge in [0, 0.05) is 11.1 Å². The molecule has 0 spiro atoms. The third-order valence-corrected chi connectivity index (χ3v) is 4.14. The normalized spacial score (nSPS) is 19.4. The third kappa shape index (κ3) is 2.48. The van der Waals surface area contributed by atoms with Gasteiger partial charge in [0.2, 0.25) is 5.78 Å². The molecule has 3 nitrogen and oxygen atoms in total. The number of rotatable bonds is 2. The minimum Gasteiger partial charge on any atom is -0.292 e. The molecule has 1 atom stereocenters. The molecule has 2 aromatic carbocycles. The molecule has 0 fully saturated rings. The summed E-state index contributed by atoms with van der Waals surface area (Å²) in [7, 11) is 0. The Bertz CT molecular complexity index is 778. The SMILES string of the molecule is CCc1ccc(N=C2C(=O)c3ccccc3C(=O)C2Cl)cc1. The van der Waals surface area contributed by atoms with E-state index in [0.29, 0.717) is 16.8 Å². The van der Waals surface area contributed by atoms with Gasteiger partial charge in [-0.3, -0.25) is 9.59 Å². The molecule has 0 saturated heterocycles. The summed E-state index contributed by atoms with van der Waals surface area (Å²) in [6.07, 6.45) is 0.930. The smallest absolute Gasteiger partial charge is 0.209 e. The number of nitrogens with zero attached hydrogens (tertiary/aromatic N) is 1. The van der Waals surface area contributed by atoms with Crippen molar-refractivity contribution in [2.75, 3.05) is 0 Å². The highest BCUT2D eigenvalue weighted by Gasteiger charge is 2.36. The Labute approximate surface area is 133 Å². The van der Waals surface area contributed by atoms with E-state index in [9.17, 15) is 9.59 Å². The Hall–Kier alpha value is -2.26. The van der Waals surface area contributed by atoms with E-state index in [-0.39, 0.29) is 17.3 Å². The van der Waals surface area contributed by atoms with Crippen molar-refractivity contribution >= 4 is 34.6 Å². The van der Waals surface area contributed by atoms with Crippen LogP contribution in [0.15, 0.2) is 53.5 Å². The van der Waals surface area contributed by atoms with Crippen LogP contribution in [0.25, 0.3) is 0 Å². The van der Waals surface area contributed by atoms with Crippen LogP contribution in [0.1, 0.15) is 33.2 Å². The Kier molecular flexibility index (Phi) is 3.90. The van der Waals surface area contributed by atoms with Crippen LogP contribution in [0.3, 0.4) is 0 Å². The summed E-state index contributed by atoms with van der Waals surface area (Å²) in [5, 5.41) is -1.03. The molecule has 1 unspecified atom stereocenters. The second-order valence-electron chi connectivity index (χ2n) is 5.12. The number of halogens is 1. The van der Waals surface area contributed by atoms with Gasteiger partial charge in [-0.1, -0.05) is 43.3 Å². The number of hydrogen-bond donors (Lipinski definition) is 0. The van der Waals surface area contributed by atoms with Gasteiger partial charge in [-0.2, -0.15) is 0 Å². The van der Waals surface area contributed by atoms with Crippen LogP contribution in [0.2, 0.25) is 0 Å². The Morgan fingerprint density at radius 1 is 1.00 bits per heavy atom. The van der Waals surface area contributed by atoms with Crippen molar-refractivity contribution in [1.82, 2.24) is 0 Å². The number of alkyl halides is 1. The van der Waals surface area contributed by atoms with Gasteiger partial charge in [0.1, 0.15) is 11.1 Å². The molecule has 4 heteroatoms. The van der Waals surface area contributed by atoms with E-state index in [1.165, 1.54) is 5.56 Å². The summed E-state index contributed by atoms with van der Waals surface area (Å²) in [5.41, 5.74) is 2.64. The van der Waals surface area contributed by atoms with Gasteiger partial charge in [0.25, 0.3) is 0 Å². The first-order valence-electron chi connectivity index (χ1n) is 7.11. The van der Waals surface area contributed by atoms with Crippen LogP contribution in [0.4, 0.5) is 5.69 Å².